The smallest absolute Gasteiger partial charge is 0.308 e. The van der Waals surface area contributed by atoms with Crippen LogP contribution in [0.1, 0.15) is 24.5 Å². The Labute approximate surface area is 196 Å². The summed E-state index contributed by atoms with van der Waals surface area (Å²) in [6.07, 6.45) is 0.909. The maximum Gasteiger partial charge on any atom is 0.308 e. The lowest BCUT2D eigenvalue weighted by Gasteiger charge is -2.26. The van der Waals surface area contributed by atoms with E-state index in [-0.39, 0.29) is 28.6 Å². The summed E-state index contributed by atoms with van der Waals surface area (Å²) in [4.78, 5) is 26.7. The maximum atomic E-state index is 13.1. The normalized spacial score (nSPS) is 14.5. The van der Waals surface area contributed by atoms with Crippen molar-refractivity contribution in [2.24, 2.45) is 0 Å². The van der Waals surface area contributed by atoms with Gasteiger partial charge in [0.25, 0.3) is 10.0 Å². The molecular formula is C23H27N3O5S2. The summed E-state index contributed by atoms with van der Waals surface area (Å²) >= 11 is 0.984. The third-order valence-electron chi connectivity index (χ3n) is 5.84. The van der Waals surface area contributed by atoms with E-state index in [9.17, 15) is 18.0 Å². The predicted molar refractivity (Wildman–Crippen MR) is 129 cm³/mol. The van der Waals surface area contributed by atoms with Gasteiger partial charge in [0.15, 0.2) is 0 Å². The molecule has 4 rings (SSSR count). The predicted octanol–water partition coefficient (Wildman–Crippen LogP) is 2.98. The topological polar surface area (TPSA) is 97.7 Å². The van der Waals surface area contributed by atoms with Gasteiger partial charge in [-0.3, -0.25) is 18.9 Å². The first-order chi connectivity index (χ1) is 15.8. The van der Waals surface area contributed by atoms with Crippen molar-refractivity contribution in [2.75, 3.05) is 31.0 Å². The van der Waals surface area contributed by atoms with Crippen molar-refractivity contribution in [3.63, 3.8) is 0 Å². The zero-order valence-corrected chi connectivity index (χ0v) is 20.3. The zero-order chi connectivity index (χ0) is 23.6. The van der Waals surface area contributed by atoms with E-state index >= 15 is 0 Å². The number of carbonyl (C=O) groups excluding carboxylic acids is 1. The molecule has 0 spiro atoms. The van der Waals surface area contributed by atoms with Gasteiger partial charge in [0.1, 0.15) is 0 Å². The highest BCUT2D eigenvalue weighted by Crippen LogP contribution is 2.27. The first-order valence-corrected chi connectivity index (χ1v) is 13.2. The number of hydrogen-bond donors (Lipinski definition) is 1. The van der Waals surface area contributed by atoms with E-state index in [4.69, 9.17) is 4.74 Å². The van der Waals surface area contributed by atoms with Gasteiger partial charge in [-0.1, -0.05) is 36.5 Å². The van der Waals surface area contributed by atoms with E-state index in [0.717, 1.165) is 22.5 Å². The molecule has 0 aliphatic carbocycles. The molecule has 176 valence electrons. The van der Waals surface area contributed by atoms with Crippen molar-refractivity contribution in [3.05, 3.63) is 57.2 Å². The average molecular weight is 490 g/mol. The minimum atomic E-state index is -3.83. The molecule has 0 unspecified atom stereocenters. The number of thiazole rings is 1. The Hall–Kier alpha value is -2.69. The van der Waals surface area contributed by atoms with Crippen molar-refractivity contribution in [1.82, 2.24) is 9.47 Å². The fourth-order valence-electron chi connectivity index (χ4n) is 3.97. The summed E-state index contributed by atoms with van der Waals surface area (Å²) in [5.41, 5.74) is 2.98. The molecule has 33 heavy (non-hydrogen) atoms. The van der Waals surface area contributed by atoms with Crippen LogP contribution in [0.3, 0.4) is 0 Å². The lowest BCUT2D eigenvalue weighted by molar-refractivity contribution is -0.135. The monoisotopic (exact) mass is 489 g/mol. The number of nitrogens with zero attached hydrogens (tertiary/aromatic N) is 2. The Bertz CT molecular complexity index is 1340. The number of sulfonamides is 1. The number of fused-ring (bicyclic) bond motifs is 1. The first kappa shape index (κ1) is 23.5. The van der Waals surface area contributed by atoms with Gasteiger partial charge in [0, 0.05) is 26.1 Å². The molecule has 0 radical (unpaired) electrons. The molecule has 1 saturated heterocycles. The molecule has 2 heterocycles. The molecule has 8 nitrogen and oxygen atoms in total. The van der Waals surface area contributed by atoms with Crippen LogP contribution in [-0.4, -0.2) is 50.1 Å². The van der Waals surface area contributed by atoms with Crippen LogP contribution in [0.5, 0.6) is 0 Å². The Morgan fingerprint density at radius 3 is 2.67 bits per heavy atom. The van der Waals surface area contributed by atoms with Gasteiger partial charge in [-0.2, -0.15) is 0 Å². The van der Waals surface area contributed by atoms with E-state index < -0.39 is 10.0 Å². The third kappa shape index (κ3) is 4.97. The lowest BCUT2D eigenvalue weighted by atomic mass is 10.1. The number of amides is 1. The van der Waals surface area contributed by atoms with Gasteiger partial charge in [0.05, 0.1) is 34.0 Å². The third-order valence-corrected chi connectivity index (χ3v) is 8.13. The Morgan fingerprint density at radius 1 is 1.18 bits per heavy atom. The van der Waals surface area contributed by atoms with Gasteiger partial charge in [-0.25, -0.2) is 8.42 Å². The summed E-state index contributed by atoms with van der Waals surface area (Å²) in [5, 5.41) is 0. The second-order valence-electron chi connectivity index (χ2n) is 7.96. The summed E-state index contributed by atoms with van der Waals surface area (Å²) in [5.74, 6) is -0.0158. The number of nitrogens with one attached hydrogen (secondary N) is 1. The molecule has 2 aromatic carbocycles. The van der Waals surface area contributed by atoms with Crippen LogP contribution in [0, 0.1) is 6.92 Å². The summed E-state index contributed by atoms with van der Waals surface area (Å²) in [7, 11) is -3.83. The molecule has 3 aromatic rings. The number of hydrogen-bond acceptors (Lipinski definition) is 6. The lowest BCUT2D eigenvalue weighted by Crippen LogP contribution is -2.41. The largest absolute Gasteiger partial charge is 0.378 e. The summed E-state index contributed by atoms with van der Waals surface area (Å²) in [6.45, 7) is 6.27. The molecule has 0 bridgehead atoms. The van der Waals surface area contributed by atoms with Crippen LogP contribution in [0.25, 0.3) is 10.2 Å². The number of carbonyl (C=O) groups is 1. The van der Waals surface area contributed by atoms with Gasteiger partial charge in [-0.05, 0) is 42.7 Å². The quantitative estimate of drug-likeness (QED) is 0.550. The van der Waals surface area contributed by atoms with E-state index in [0.29, 0.717) is 48.6 Å². The van der Waals surface area contributed by atoms with Crippen LogP contribution in [0.15, 0.2) is 46.1 Å². The van der Waals surface area contributed by atoms with Crippen LogP contribution < -0.4 is 9.60 Å². The van der Waals surface area contributed by atoms with Crippen molar-refractivity contribution in [3.8, 4) is 0 Å². The Kier molecular flexibility index (Phi) is 6.87. The summed E-state index contributed by atoms with van der Waals surface area (Å²) < 4.78 is 36.3. The number of morpholine rings is 1. The van der Waals surface area contributed by atoms with Gasteiger partial charge in [0.2, 0.25) is 5.91 Å². The molecule has 1 aromatic heterocycles. The Morgan fingerprint density at radius 2 is 1.94 bits per heavy atom. The van der Waals surface area contributed by atoms with Crippen LogP contribution >= 0.6 is 11.3 Å². The molecule has 1 N–H and O–H groups in total. The van der Waals surface area contributed by atoms with Crippen LogP contribution in [-0.2, 0) is 32.5 Å². The fourth-order valence-corrected chi connectivity index (χ4v) is 6.20. The number of benzene rings is 2. The van der Waals surface area contributed by atoms with E-state index in [1.54, 1.807) is 15.5 Å². The number of para-hydroxylation sites is 1. The second-order valence-corrected chi connectivity index (χ2v) is 10.6. The van der Waals surface area contributed by atoms with E-state index in [2.05, 4.69) is 4.72 Å². The molecule has 0 saturated carbocycles. The van der Waals surface area contributed by atoms with Crippen molar-refractivity contribution in [1.29, 1.82) is 0 Å². The van der Waals surface area contributed by atoms with Crippen LogP contribution in [0.2, 0.25) is 0 Å². The van der Waals surface area contributed by atoms with Gasteiger partial charge < -0.3 is 9.64 Å². The molecular weight excluding hydrogens is 462 g/mol. The molecule has 1 aliphatic rings. The van der Waals surface area contributed by atoms with Gasteiger partial charge in [-0.15, -0.1) is 0 Å². The zero-order valence-electron chi connectivity index (χ0n) is 18.7. The maximum absolute atomic E-state index is 13.1. The highest BCUT2D eigenvalue weighted by atomic mass is 32.2. The molecule has 10 heteroatoms. The van der Waals surface area contributed by atoms with Crippen LogP contribution in [0.4, 0.5) is 5.69 Å². The van der Waals surface area contributed by atoms with Crippen molar-refractivity contribution >= 4 is 43.2 Å². The average Bonchev–Trinajstić information content (AvgIpc) is 3.13. The fraction of sp³-hybridized carbons (Fsp3) is 0.391. The number of anilines is 1. The van der Waals surface area contributed by atoms with Gasteiger partial charge >= 0.3 is 4.87 Å². The molecule has 1 fully saturated rings. The molecule has 1 amide bonds. The number of ether oxygens (including phenoxy) is 1. The van der Waals surface area contributed by atoms with Crippen molar-refractivity contribution < 1.29 is 17.9 Å². The highest BCUT2D eigenvalue weighted by molar-refractivity contribution is 7.92. The van der Waals surface area contributed by atoms with E-state index in [1.807, 2.05) is 32.0 Å². The minimum absolute atomic E-state index is 0.0158. The summed E-state index contributed by atoms with van der Waals surface area (Å²) in [6, 6.07) is 10.3. The second kappa shape index (κ2) is 9.66. The minimum Gasteiger partial charge on any atom is -0.378 e. The number of aromatic nitrogens is 1. The van der Waals surface area contributed by atoms with E-state index in [1.165, 1.54) is 12.1 Å². The Balaban J connectivity index is 1.57. The standard InChI is InChI=1S/C23H27N3O5S2/c1-3-17-6-4-5-16(2)22(17)24-33(29,30)18-7-8-19-20(15-18)32-23(28)26(19)10-9-21(27)25-11-13-31-14-12-25/h4-8,15,24H,3,9-14H2,1-2H3. The number of aryl methyl sites for hydroxylation is 3. The molecule has 0 atom stereocenters. The highest BCUT2D eigenvalue weighted by Gasteiger charge is 2.21. The molecule has 1 aliphatic heterocycles. The first-order valence-electron chi connectivity index (χ1n) is 10.9. The number of rotatable bonds is 7. The van der Waals surface area contributed by atoms with Crippen molar-refractivity contribution in [2.45, 2.75) is 38.1 Å². The SMILES string of the molecule is CCc1cccc(C)c1NS(=O)(=O)c1ccc2c(c1)sc(=O)n2CCC(=O)N1CCOCC1.